The molecule has 0 N–H and O–H groups in total. The van der Waals surface area contributed by atoms with Crippen molar-refractivity contribution in [3.05, 3.63) is 23.2 Å². The number of halogens is 1. The lowest BCUT2D eigenvalue weighted by molar-refractivity contribution is 1.13. The number of aromatic nitrogens is 2. The van der Waals surface area contributed by atoms with Gasteiger partial charge in [0.2, 0.25) is 0 Å². The maximum absolute atomic E-state index is 3.73. The Hall–Kier alpha value is -0.440. The van der Waals surface area contributed by atoms with Crippen molar-refractivity contribution in [2.24, 2.45) is 0 Å². The summed E-state index contributed by atoms with van der Waals surface area (Å²) < 4.78 is 0.697. The topological polar surface area (TPSA) is 25.8 Å². The van der Waals surface area contributed by atoms with E-state index in [1.807, 2.05) is 0 Å². The van der Waals surface area contributed by atoms with E-state index in [1.54, 1.807) is 6.20 Å². The third-order valence-corrected chi connectivity index (χ3v) is 0.930. The molecule has 0 atom stereocenters. The number of nitrogens with zero attached hydrogens (tertiary/aromatic N) is 2. The van der Waals surface area contributed by atoms with Crippen molar-refractivity contribution in [2.75, 3.05) is 0 Å². The molecule has 0 aromatic carbocycles. The van der Waals surface area contributed by atoms with Gasteiger partial charge < -0.3 is 0 Å². The molecule has 0 saturated heterocycles. The van der Waals surface area contributed by atoms with Crippen LogP contribution in [0.2, 0.25) is 0 Å². The van der Waals surface area contributed by atoms with Crippen LogP contribution in [0.25, 0.3) is 0 Å². The minimum absolute atomic E-state index is 0.697. The highest BCUT2D eigenvalue weighted by molar-refractivity contribution is 9.10. The largest absolute Gasteiger partial charge is 0.244 e. The summed E-state index contributed by atoms with van der Waals surface area (Å²) in [5, 5.41) is 0. The highest BCUT2D eigenvalue weighted by Crippen LogP contribution is 1.97. The molecule has 1 rings (SSSR count). The van der Waals surface area contributed by atoms with E-state index in [2.05, 4.69) is 32.0 Å². The molecule has 0 aliphatic rings. The average molecular weight is 158 g/mol. The summed E-state index contributed by atoms with van der Waals surface area (Å²) in [4.78, 5) is 7.38. The maximum atomic E-state index is 3.73. The van der Waals surface area contributed by atoms with Gasteiger partial charge in [-0.05, 0) is 15.9 Å². The van der Waals surface area contributed by atoms with E-state index in [0.717, 1.165) is 0 Å². The van der Waals surface area contributed by atoms with E-state index in [9.17, 15) is 0 Å². The lowest BCUT2D eigenvalue weighted by atomic mass is 10.7. The molecular weight excluding hydrogens is 156 g/mol. The second-order valence-electron chi connectivity index (χ2n) is 0.958. The third kappa shape index (κ3) is 1.23. The van der Waals surface area contributed by atoms with Crippen LogP contribution in [0.5, 0.6) is 0 Å². The predicted molar refractivity (Wildman–Crippen MR) is 28.6 cm³/mol. The van der Waals surface area contributed by atoms with Crippen LogP contribution in [-0.4, -0.2) is 9.97 Å². The van der Waals surface area contributed by atoms with Gasteiger partial charge in [0.1, 0.15) is 10.9 Å². The van der Waals surface area contributed by atoms with E-state index in [-0.39, 0.29) is 0 Å². The molecule has 1 radical (unpaired) electrons. The molecule has 2 nitrogen and oxygen atoms in total. The van der Waals surface area contributed by atoms with Gasteiger partial charge in [-0.2, -0.15) is 0 Å². The van der Waals surface area contributed by atoms with Crippen LogP contribution in [0.1, 0.15) is 0 Å². The number of hydrogen-bond acceptors (Lipinski definition) is 2. The summed E-state index contributed by atoms with van der Waals surface area (Å²) >= 11 is 3.10. The van der Waals surface area contributed by atoms with Crippen LogP contribution in [0.15, 0.2) is 17.1 Å². The van der Waals surface area contributed by atoms with Gasteiger partial charge in [0.25, 0.3) is 0 Å². The maximum Gasteiger partial charge on any atom is 0.117 e. The summed E-state index contributed by atoms with van der Waals surface area (Å²) in [6.07, 6.45) is 3.01. The van der Waals surface area contributed by atoms with Crippen molar-refractivity contribution in [3.8, 4) is 0 Å². The fraction of sp³-hybridized carbons (Fsp3) is 0. The molecule has 0 saturated carbocycles. The Morgan fingerprint density at radius 1 is 1.71 bits per heavy atom. The van der Waals surface area contributed by atoms with Crippen molar-refractivity contribution < 1.29 is 0 Å². The normalized spacial score (nSPS) is 8.71. The van der Waals surface area contributed by atoms with E-state index < -0.39 is 0 Å². The highest BCUT2D eigenvalue weighted by Gasteiger charge is 1.78. The van der Waals surface area contributed by atoms with E-state index in [4.69, 9.17) is 0 Å². The monoisotopic (exact) mass is 157 g/mol. The van der Waals surface area contributed by atoms with Crippen LogP contribution in [0, 0.1) is 6.07 Å². The molecule has 0 fully saturated rings. The molecule has 7 heavy (non-hydrogen) atoms. The first-order valence-corrected chi connectivity index (χ1v) is 2.52. The molecule has 1 heterocycles. The zero-order chi connectivity index (χ0) is 5.11. The number of hydrogen-bond donors (Lipinski definition) is 0. The first-order valence-electron chi connectivity index (χ1n) is 1.73. The Labute approximate surface area is 49.7 Å². The van der Waals surface area contributed by atoms with Gasteiger partial charge in [-0.3, -0.25) is 0 Å². The SMILES string of the molecule is Brc1[c]cncn1. The molecule has 0 aliphatic heterocycles. The van der Waals surface area contributed by atoms with Crippen LogP contribution in [-0.2, 0) is 0 Å². The summed E-state index contributed by atoms with van der Waals surface area (Å²) in [6.45, 7) is 0. The zero-order valence-corrected chi connectivity index (χ0v) is 5.01. The molecule has 3 heteroatoms. The fourth-order valence-electron chi connectivity index (χ4n) is 0.245. The Balaban J connectivity index is 3.02. The molecule has 0 amide bonds. The lowest BCUT2D eigenvalue weighted by Gasteiger charge is -1.78. The highest BCUT2D eigenvalue weighted by atomic mass is 79.9. The molecular formula is C4H2BrN2. The first kappa shape index (κ1) is 4.71. The van der Waals surface area contributed by atoms with Gasteiger partial charge in [0, 0.05) is 12.3 Å². The van der Waals surface area contributed by atoms with Crippen molar-refractivity contribution in [3.63, 3.8) is 0 Å². The second-order valence-corrected chi connectivity index (χ2v) is 1.71. The summed E-state index contributed by atoms with van der Waals surface area (Å²) in [5.41, 5.74) is 0. The van der Waals surface area contributed by atoms with Gasteiger partial charge in [-0.1, -0.05) is 0 Å². The molecule has 0 spiro atoms. The third-order valence-electron chi connectivity index (χ3n) is 0.496. The van der Waals surface area contributed by atoms with Crippen LogP contribution in [0.3, 0.4) is 0 Å². The summed E-state index contributed by atoms with van der Waals surface area (Å²) in [5.74, 6) is 0. The Kier molecular flexibility index (Phi) is 1.36. The van der Waals surface area contributed by atoms with Gasteiger partial charge in [-0.15, -0.1) is 0 Å². The van der Waals surface area contributed by atoms with Gasteiger partial charge in [0.15, 0.2) is 0 Å². The zero-order valence-electron chi connectivity index (χ0n) is 3.43. The summed E-state index contributed by atoms with van der Waals surface area (Å²) in [7, 11) is 0. The number of rotatable bonds is 0. The van der Waals surface area contributed by atoms with Crippen LogP contribution in [0.4, 0.5) is 0 Å². The molecule has 0 bridgehead atoms. The Morgan fingerprint density at radius 3 is 2.86 bits per heavy atom. The molecule has 35 valence electrons. The molecule has 1 aromatic heterocycles. The van der Waals surface area contributed by atoms with E-state index >= 15 is 0 Å². The standard InChI is InChI=1S/C4H2BrN2/c5-4-1-2-6-3-7-4/h2-3H. The minimum Gasteiger partial charge on any atom is -0.244 e. The van der Waals surface area contributed by atoms with E-state index in [0.29, 0.717) is 4.60 Å². The van der Waals surface area contributed by atoms with Crippen molar-refractivity contribution in [1.82, 2.24) is 9.97 Å². The van der Waals surface area contributed by atoms with Gasteiger partial charge in [0.05, 0.1) is 0 Å². The first-order chi connectivity index (χ1) is 3.39. The molecule has 0 aliphatic carbocycles. The van der Waals surface area contributed by atoms with Crippen LogP contribution >= 0.6 is 15.9 Å². The lowest BCUT2D eigenvalue weighted by Crippen LogP contribution is -1.73. The minimum atomic E-state index is 0.697. The fourth-order valence-corrected chi connectivity index (χ4v) is 0.439. The Morgan fingerprint density at radius 2 is 2.57 bits per heavy atom. The van der Waals surface area contributed by atoms with Crippen molar-refractivity contribution in [2.45, 2.75) is 0 Å². The average Bonchev–Trinajstić information content (AvgIpc) is 1.69. The van der Waals surface area contributed by atoms with Crippen molar-refractivity contribution >= 4 is 15.9 Å². The molecule has 1 aromatic rings. The van der Waals surface area contributed by atoms with Gasteiger partial charge >= 0.3 is 0 Å². The van der Waals surface area contributed by atoms with Crippen LogP contribution < -0.4 is 0 Å². The molecule has 0 unspecified atom stereocenters. The quantitative estimate of drug-likeness (QED) is 0.527. The van der Waals surface area contributed by atoms with E-state index in [1.165, 1.54) is 6.33 Å². The Bertz CT molecular complexity index is 140. The van der Waals surface area contributed by atoms with Gasteiger partial charge in [-0.25, -0.2) is 9.97 Å². The second kappa shape index (κ2) is 2.02. The van der Waals surface area contributed by atoms with Crippen molar-refractivity contribution in [1.29, 1.82) is 0 Å². The predicted octanol–water partition coefficient (Wildman–Crippen LogP) is 1.04. The smallest absolute Gasteiger partial charge is 0.117 e. The summed E-state index contributed by atoms with van der Waals surface area (Å²) in [6, 6.07) is 2.73.